The molecule has 3 aromatic carbocycles. The van der Waals surface area contributed by atoms with Gasteiger partial charge in [-0.3, -0.25) is 29.3 Å². The van der Waals surface area contributed by atoms with Gasteiger partial charge in [0.05, 0.1) is 15.9 Å². The monoisotopic (exact) mass is 489 g/mol. The van der Waals surface area contributed by atoms with Crippen LogP contribution < -0.4 is 10.2 Å². The largest absolute Gasteiger partial charge is 0.322 e. The molecule has 10 heteroatoms. The van der Waals surface area contributed by atoms with Gasteiger partial charge in [0.2, 0.25) is 11.8 Å². The van der Waals surface area contributed by atoms with Crippen molar-refractivity contribution in [2.24, 2.45) is 0 Å². The van der Waals surface area contributed by atoms with Gasteiger partial charge < -0.3 is 5.32 Å². The molecular weight excluding hydrogens is 470 g/mol. The Morgan fingerprint density at radius 3 is 2.11 bits per heavy atom. The molecule has 1 saturated heterocycles. The summed E-state index contributed by atoms with van der Waals surface area (Å²) >= 11 is 1.26. The molecular formula is C25H19N3O6S. The number of ketones is 1. The van der Waals surface area contributed by atoms with Crippen molar-refractivity contribution in [1.29, 1.82) is 0 Å². The Morgan fingerprint density at radius 2 is 1.54 bits per heavy atom. The molecule has 0 aromatic heterocycles. The number of rotatable bonds is 7. The lowest BCUT2D eigenvalue weighted by molar-refractivity contribution is -0.384. The highest BCUT2D eigenvalue weighted by Crippen LogP contribution is 2.34. The second kappa shape index (κ2) is 9.90. The summed E-state index contributed by atoms with van der Waals surface area (Å²) in [6, 6.07) is 18.4. The van der Waals surface area contributed by atoms with Crippen LogP contribution in [0.5, 0.6) is 0 Å². The van der Waals surface area contributed by atoms with Gasteiger partial charge in [0.25, 0.3) is 11.6 Å². The van der Waals surface area contributed by atoms with Crippen molar-refractivity contribution < 1.29 is 24.1 Å². The van der Waals surface area contributed by atoms with Crippen LogP contribution in [-0.4, -0.2) is 33.7 Å². The van der Waals surface area contributed by atoms with Crippen LogP contribution in [0.25, 0.3) is 0 Å². The minimum Gasteiger partial charge on any atom is -0.322 e. The predicted octanol–water partition coefficient (Wildman–Crippen LogP) is 4.47. The van der Waals surface area contributed by atoms with Gasteiger partial charge in [0.15, 0.2) is 5.78 Å². The molecule has 0 aliphatic carbocycles. The minimum atomic E-state index is -0.587. The van der Waals surface area contributed by atoms with Gasteiger partial charge >= 0.3 is 0 Å². The first kappa shape index (κ1) is 23.8. The van der Waals surface area contributed by atoms with E-state index in [1.54, 1.807) is 48.5 Å². The topological polar surface area (TPSA) is 127 Å². The van der Waals surface area contributed by atoms with E-state index in [9.17, 15) is 29.3 Å². The Bertz CT molecular complexity index is 1320. The predicted molar refractivity (Wildman–Crippen MR) is 131 cm³/mol. The summed E-state index contributed by atoms with van der Waals surface area (Å²) in [6.45, 7) is 1.44. The summed E-state index contributed by atoms with van der Waals surface area (Å²) in [5, 5.41) is 12.9. The fourth-order valence-electron chi connectivity index (χ4n) is 3.53. The number of hydrogen-bond acceptors (Lipinski definition) is 7. The Kier molecular flexibility index (Phi) is 6.74. The molecule has 3 aromatic rings. The van der Waals surface area contributed by atoms with Gasteiger partial charge in [0.1, 0.15) is 0 Å². The number of nitro groups is 1. The summed E-state index contributed by atoms with van der Waals surface area (Å²) < 4.78 is 0. The van der Waals surface area contributed by atoms with E-state index >= 15 is 0 Å². The quantitative estimate of drug-likeness (QED) is 0.224. The van der Waals surface area contributed by atoms with E-state index in [1.165, 1.54) is 43.0 Å². The first-order valence-electron chi connectivity index (χ1n) is 10.5. The van der Waals surface area contributed by atoms with Gasteiger partial charge in [-0.1, -0.05) is 0 Å². The normalized spacial score (nSPS) is 15.2. The SMILES string of the molecule is CC(=O)c1ccc(N2C(=O)CC(Sc3ccc(NC(=O)c4ccc([N+](=O)[O-])cc4)cc3)C2=O)cc1. The third kappa shape index (κ3) is 5.28. The number of non-ortho nitro benzene ring substituents is 1. The highest BCUT2D eigenvalue weighted by Gasteiger charge is 2.40. The summed E-state index contributed by atoms with van der Waals surface area (Å²) in [6.07, 6.45) is 0.0522. The second-order valence-electron chi connectivity index (χ2n) is 7.76. The van der Waals surface area contributed by atoms with Crippen molar-refractivity contribution in [1.82, 2.24) is 0 Å². The van der Waals surface area contributed by atoms with Crippen molar-refractivity contribution in [3.8, 4) is 0 Å². The Morgan fingerprint density at radius 1 is 0.943 bits per heavy atom. The number of thioether (sulfide) groups is 1. The van der Waals surface area contributed by atoms with Crippen LogP contribution in [0.4, 0.5) is 17.1 Å². The second-order valence-corrected chi connectivity index (χ2v) is 9.04. The van der Waals surface area contributed by atoms with Crippen LogP contribution in [0.2, 0.25) is 0 Å². The smallest absolute Gasteiger partial charge is 0.269 e. The molecule has 9 nitrogen and oxygen atoms in total. The molecule has 0 bridgehead atoms. The first-order chi connectivity index (χ1) is 16.7. The fourth-order valence-corrected chi connectivity index (χ4v) is 4.59. The van der Waals surface area contributed by atoms with Gasteiger partial charge in [0, 0.05) is 40.3 Å². The summed E-state index contributed by atoms with van der Waals surface area (Å²) in [7, 11) is 0. The molecule has 0 spiro atoms. The first-order valence-corrected chi connectivity index (χ1v) is 11.4. The standard InChI is InChI=1S/C25H19N3O6S/c1-15(29)16-2-8-19(9-3-16)27-23(30)14-22(25(27)32)35-21-12-6-18(7-13-21)26-24(31)17-4-10-20(11-5-17)28(33)34/h2-13,22H,14H2,1H3,(H,26,31). The fraction of sp³-hybridized carbons (Fsp3) is 0.120. The van der Waals surface area contributed by atoms with E-state index in [0.29, 0.717) is 16.9 Å². The third-order valence-electron chi connectivity index (χ3n) is 5.37. The van der Waals surface area contributed by atoms with Gasteiger partial charge in [-0.15, -0.1) is 11.8 Å². The highest BCUT2D eigenvalue weighted by atomic mass is 32.2. The van der Waals surface area contributed by atoms with Crippen molar-refractivity contribution in [3.63, 3.8) is 0 Å². The van der Waals surface area contributed by atoms with Crippen molar-refractivity contribution in [3.05, 3.63) is 94.0 Å². The number of hydrogen-bond donors (Lipinski definition) is 1. The molecule has 0 saturated carbocycles. The maximum Gasteiger partial charge on any atom is 0.269 e. The van der Waals surface area contributed by atoms with E-state index in [4.69, 9.17) is 0 Å². The van der Waals surface area contributed by atoms with Crippen molar-refractivity contribution >= 4 is 52.3 Å². The number of nitro benzene ring substituents is 1. The zero-order chi connectivity index (χ0) is 25.1. The lowest BCUT2D eigenvalue weighted by Crippen LogP contribution is -2.31. The molecule has 1 unspecified atom stereocenters. The molecule has 4 rings (SSSR count). The van der Waals surface area contributed by atoms with Crippen molar-refractivity contribution in [2.45, 2.75) is 23.5 Å². The lowest BCUT2D eigenvalue weighted by Gasteiger charge is -2.15. The van der Waals surface area contributed by atoms with Gasteiger partial charge in [-0.2, -0.15) is 0 Å². The summed E-state index contributed by atoms with van der Waals surface area (Å²) in [5.41, 5.74) is 1.62. The van der Waals surface area contributed by atoms with E-state index in [2.05, 4.69) is 5.32 Å². The minimum absolute atomic E-state index is 0.0522. The number of carbonyl (C=O) groups is 4. The molecule has 0 radical (unpaired) electrons. The highest BCUT2D eigenvalue weighted by molar-refractivity contribution is 8.00. The van der Waals surface area contributed by atoms with Crippen LogP contribution in [0.3, 0.4) is 0 Å². The Balaban J connectivity index is 1.39. The van der Waals surface area contributed by atoms with E-state index in [0.717, 1.165) is 9.80 Å². The zero-order valence-corrected chi connectivity index (χ0v) is 19.3. The molecule has 35 heavy (non-hydrogen) atoms. The lowest BCUT2D eigenvalue weighted by atomic mass is 10.1. The van der Waals surface area contributed by atoms with Crippen LogP contribution in [0, 0.1) is 10.1 Å². The molecule has 1 aliphatic rings. The number of nitrogens with zero attached hydrogens (tertiary/aromatic N) is 2. The molecule has 1 N–H and O–H groups in total. The molecule has 1 atom stereocenters. The number of Topliss-reactive ketones (excluding diaryl/α,β-unsaturated/α-hetero) is 1. The van der Waals surface area contributed by atoms with Crippen LogP contribution in [-0.2, 0) is 9.59 Å². The van der Waals surface area contributed by atoms with E-state index < -0.39 is 16.1 Å². The summed E-state index contributed by atoms with van der Waals surface area (Å²) in [5.74, 6) is -1.15. The van der Waals surface area contributed by atoms with Crippen molar-refractivity contribution in [2.75, 3.05) is 10.2 Å². The molecule has 176 valence electrons. The Labute approximate surface area is 204 Å². The van der Waals surface area contributed by atoms with Crippen LogP contribution in [0.1, 0.15) is 34.1 Å². The van der Waals surface area contributed by atoms with E-state index in [-0.39, 0.29) is 35.3 Å². The maximum absolute atomic E-state index is 12.9. The van der Waals surface area contributed by atoms with E-state index in [1.807, 2.05) is 0 Å². The van der Waals surface area contributed by atoms with Gasteiger partial charge in [-0.25, -0.2) is 4.90 Å². The average Bonchev–Trinajstić information content (AvgIpc) is 3.12. The zero-order valence-electron chi connectivity index (χ0n) is 18.5. The molecule has 3 amide bonds. The molecule has 1 fully saturated rings. The average molecular weight is 490 g/mol. The molecule has 1 aliphatic heterocycles. The van der Waals surface area contributed by atoms with Gasteiger partial charge in [-0.05, 0) is 67.6 Å². The number of anilines is 2. The number of benzene rings is 3. The van der Waals surface area contributed by atoms with Crippen LogP contribution in [0.15, 0.2) is 77.7 Å². The number of imide groups is 1. The Hall–Kier alpha value is -4.31. The maximum atomic E-state index is 12.9. The third-order valence-corrected chi connectivity index (χ3v) is 6.57. The summed E-state index contributed by atoms with van der Waals surface area (Å²) in [4.78, 5) is 61.3. The number of nitrogens with one attached hydrogen (secondary N) is 1. The molecule has 1 heterocycles. The number of amides is 3. The van der Waals surface area contributed by atoms with Crippen LogP contribution >= 0.6 is 11.8 Å². The number of carbonyl (C=O) groups excluding carboxylic acids is 4.